The van der Waals surface area contributed by atoms with Gasteiger partial charge in [0.15, 0.2) is 0 Å². The number of carbonyl (C=O) groups is 1. The van der Waals surface area contributed by atoms with Crippen molar-refractivity contribution in [2.45, 2.75) is 19.1 Å². The van der Waals surface area contributed by atoms with Gasteiger partial charge in [0.25, 0.3) is 6.43 Å². The number of pyridine rings is 1. The summed E-state index contributed by atoms with van der Waals surface area (Å²) < 4.78 is 46.1. The number of aromatic nitrogens is 3. The van der Waals surface area contributed by atoms with Gasteiger partial charge in [-0.15, -0.1) is 0 Å². The number of alkyl halides is 2. The molecule has 2 aromatic heterocycles. The van der Waals surface area contributed by atoms with Crippen LogP contribution in [0.25, 0.3) is 22.2 Å². The molecule has 1 amide bonds. The van der Waals surface area contributed by atoms with Gasteiger partial charge < -0.3 is 10.1 Å². The number of amides is 1. The number of hydrogen-bond acceptors (Lipinski definition) is 4. The van der Waals surface area contributed by atoms with Crippen molar-refractivity contribution in [2.24, 2.45) is 0 Å². The predicted octanol–water partition coefficient (Wildman–Crippen LogP) is 3.28. The maximum atomic E-state index is 13.5. The first kappa shape index (κ1) is 16.4. The van der Waals surface area contributed by atoms with Crippen LogP contribution in [0.4, 0.5) is 18.0 Å². The third-order valence-electron chi connectivity index (χ3n) is 4.18. The van der Waals surface area contributed by atoms with Gasteiger partial charge in [-0.3, -0.25) is 9.67 Å². The Labute approximate surface area is 145 Å². The predicted molar refractivity (Wildman–Crippen MR) is 86.2 cm³/mol. The fraction of sp³-hybridized carbons (Fsp3) is 0.235. The van der Waals surface area contributed by atoms with Crippen LogP contribution in [-0.2, 0) is 11.3 Å². The Hall–Kier alpha value is -3.10. The Kier molecular flexibility index (Phi) is 3.98. The van der Waals surface area contributed by atoms with Crippen molar-refractivity contribution in [1.29, 1.82) is 0 Å². The van der Waals surface area contributed by atoms with Gasteiger partial charge in [0.1, 0.15) is 17.4 Å². The van der Waals surface area contributed by atoms with Crippen LogP contribution in [0.15, 0.2) is 36.7 Å². The molecule has 1 N–H and O–H groups in total. The molecule has 1 atom stereocenters. The number of hydrogen-bond donors (Lipinski definition) is 1. The van der Waals surface area contributed by atoms with Gasteiger partial charge in [0, 0.05) is 11.8 Å². The Morgan fingerprint density at radius 1 is 1.27 bits per heavy atom. The van der Waals surface area contributed by atoms with E-state index >= 15 is 0 Å². The first-order valence-corrected chi connectivity index (χ1v) is 7.85. The second kappa shape index (κ2) is 6.32. The van der Waals surface area contributed by atoms with E-state index < -0.39 is 23.9 Å². The number of halogens is 3. The Balaban J connectivity index is 1.70. The van der Waals surface area contributed by atoms with Gasteiger partial charge in [0.05, 0.1) is 30.4 Å². The van der Waals surface area contributed by atoms with Crippen LogP contribution >= 0.6 is 0 Å². The standard InChI is InChI=1S/C17H13F3N4O2/c18-13-2-1-9(3-12(13)16(19)20)10-4-15-14(21-5-10)7-23-24(15)8-11-6-22-17(25)26-11/h1-5,7,11,16H,6,8H2,(H,22,25)/t11-/m0/s1. The van der Waals surface area contributed by atoms with Crippen LogP contribution in [0.1, 0.15) is 12.0 Å². The first-order chi connectivity index (χ1) is 12.5. The number of rotatable bonds is 4. The summed E-state index contributed by atoms with van der Waals surface area (Å²) in [4.78, 5) is 15.4. The van der Waals surface area contributed by atoms with E-state index in [1.807, 2.05) is 0 Å². The van der Waals surface area contributed by atoms with E-state index in [0.717, 1.165) is 12.1 Å². The van der Waals surface area contributed by atoms with Crippen molar-refractivity contribution in [2.75, 3.05) is 6.54 Å². The smallest absolute Gasteiger partial charge is 0.407 e. The topological polar surface area (TPSA) is 69.0 Å². The van der Waals surface area contributed by atoms with Crippen LogP contribution in [0, 0.1) is 5.82 Å². The Bertz CT molecular complexity index is 989. The highest BCUT2D eigenvalue weighted by atomic mass is 19.3. The third-order valence-corrected chi connectivity index (χ3v) is 4.18. The number of carbonyl (C=O) groups excluding carboxylic acids is 1. The number of ether oxygens (including phenoxy) is 1. The number of nitrogens with zero attached hydrogens (tertiary/aromatic N) is 3. The van der Waals surface area contributed by atoms with Gasteiger partial charge in [-0.1, -0.05) is 6.07 Å². The van der Waals surface area contributed by atoms with Crippen molar-refractivity contribution in [3.8, 4) is 11.1 Å². The molecule has 3 heterocycles. The molecule has 26 heavy (non-hydrogen) atoms. The van der Waals surface area contributed by atoms with Gasteiger partial charge in [-0.25, -0.2) is 18.0 Å². The van der Waals surface area contributed by atoms with Crippen molar-refractivity contribution in [3.05, 3.63) is 48.0 Å². The molecule has 0 unspecified atom stereocenters. The van der Waals surface area contributed by atoms with E-state index in [-0.39, 0.29) is 6.10 Å². The fourth-order valence-electron chi connectivity index (χ4n) is 2.88. The number of cyclic esters (lactones) is 1. The molecule has 6 nitrogen and oxygen atoms in total. The molecule has 0 aliphatic carbocycles. The molecule has 0 saturated carbocycles. The zero-order valence-electron chi connectivity index (χ0n) is 13.3. The monoisotopic (exact) mass is 362 g/mol. The SMILES string of the molecule is O=C1NC[C@@H](Cn2ncc3ncc(-c4ccc(F)c(C(F)F)c4)cc32)O1. The van der Waals surface area contributed by atoms with E-state index in [4.69, 9.17) is 4.74 Å². The maximum Gasteiger partial charge on any atom is 0.407 e. The van der Waals surface area contributed by atoms with E-state index in [1.165, 1.54) is 12.3 Å². The van der Waals surface area contributed by atoms with Crippen molar-refractivity contribution < 1.29 is 22.7 Å². The molecule has 0 bridgehead atoms. The molecule has 1 aromatic carbocycles. The highest BCUT2D eigenvalue weighted by Gasteiger charge is 2.24. The molecule has 1 aliphatic heterocycles. The molecule has 1 saturated heterocycles. The second-order valence-corrected chi connectivity index (χ2v) is 5.90. The lowest BCUT2D eigenvalue weighted by Crippen LogP contribution is -2.21. The normalized spacial score (nSPS) is 16.9. The van der Waals surface area contributed by atoms with Gasteiger partial charge >= 0.3 is 6.09 Å². The summed E-state index contributed by atoms with van der Waals surface area (Å²) >= 11 is 0. The van der Waals surface area contributed by atoms with Gasteiger partial charge in [-0.05, 0) is 23.8 Å². The maximum absolute atomic E-state index is 13.5. The summed E-state index contributed by atoms with van der Waals surface area (Å²) in [7, 11) is 0. The summed E-state index contributed by atoms with van der Waals surface area (Å²) in [6.45, 7) is 0.710. The minimum atomic E-state index is -2.90. The lowest BCUT2D eigenvalue weighted by Gasteiger charge is -2.10. The van der Waals surface area contributed by atoms with E-state index in [2.05, 4.69) is 15.4 Å². The molecule has 0 radical (unpaired) electrons. The zero-order valence-corrected chi connectivity index (χ0v) is 13.3. The molecule has 9 heteroatoms. The van der Waals surface area contributed by atoms with Crippen LogP contribution in [-0.4, -0.2) is 33.5 Å². The fourth-order valence-corrected chi connectivity index (χ4v) is 2.88. The molecular weight excluding hydrogens is 349 g/mol. The van der Waals surface area contributed by atoms with Crippen LogP contribution < -0.4 is 5.32 Å². The van der Waals surface area contributed by atoms with Crippen molar-refractivity contribution >= 4 is 17.1 Å². The number of benzene rings is 1. The molecule has 1 aliphatic rings. The third kappa shape index (κ3) is 2.96. The number of fused-ring (bicyclic) bond motifs is 1. The Morgan fingerprint density at radius 2 is 2.12 bits per heavy atom. The molecule has 1 fully saturated rings. The average Bonchev–Trinajstić information content (AvgIpc) is 3.21. The average molecular weight is 362 g/mol. The highest BCUT2D eigenvalue weighted by molar-refractivity contribution is 5.80. The summed E-state index contributed by atoms with van der Waals surface area (Å²) in [5, 5.41) is 6.80. The summed E-state index contributed by atoms with van der Waals surface area (Å²) in [6, 6.07) is 5.30. The number of alkyl carbamates (subject to hydrolysis) is 1. The van der Waals surface area contributed by atoms with Gasteiger partial charge in [-0.2, -0.15) is 5.10 Å². The molecule has 3 aromatic rings. The molecular formula is C17H13F3N4O2. The summed E-state index contributed by atoms with van der Waals surface area (Å²) in [6.07, 6.45) is -0.643. The quantitative estimate of drug-likeness (QED) is 0.773. The lowest BCUT2D eigenvalue weighted by atomic mass is 10.0. The molecule has 0 spiro atoms. The van der Waals surface area contributed by atoms with Crippen molar-refractivity contribution in [3.63, 3.8) is 0 Å². The van der Waals surface area contributed by atoms with Crippen LogP contribution in [0.2, 0.25) is 0 Å². The summed E-state index contributed by atoms with van der Waals surface area (Å²) in [5.74, 6) is -0.946. The van der Waals surface area contributed by atoms with Crippen molar-refractivity contribution in [1.82, 2.24) is 20.1 Å². The van der Waals surface area contributed by atoms with E-state index in [1.54, 1.807) is 16.9 Å². The zero-order chi connectivity index (χ0) is 18.3. The minimum Gasteiger partial charge on any atom is -0.442 e. The number of nitrogens with one attached hydrogen (secondary N) is 1. The van der Waals surface area contributed by atoms with Gasteiger partial charge in [0.2, 0.25) is 0 Å². The van der Waals surface area contributed by atoms with E-state index in [0.29, 0.717) is 35.2 Å². The second-order valence-electron chi connectivity index (χ2n) is 5.90. The molecule has 4 rings (SSSR count). The van der Waals surface area contributed by atoms with Crippen LogP contribution in [0.3, 0.4) is 0 Å². The largest absolute Gasteiger partial charge is 0.442 e. The van der Waals surface area contributed by atoms with E-state index in [9.17, 15) is 18.0 Å². The highest BCUT2D eigenvalue weighted by Crippen LogP contribution is 2.29. The lowest BCUT2D eigenvalue weighted by molar-refractivity contribution is 0.129. The molecule has 134 valence electrons. The summed E-state index contributed by atoms with van der Waals surface area (Å²) in [5.41, 5.74) is 1.61. The first-order valence-electron chi connectivity index (χ1n) is 7.85. The minimum absolute atomic E-state index is 0.332. The Morgan fingerprint density at radius 3 is 2.85 bits per heavy atom. The van der Waals surface area contributed by atoms with Crippen LogP contribution in [0.5, 0.6) is 0 Å².